The Morgan fingerprint density at radius 2 is 1.86 bits per heavy atom. The van der Waals surface area contributed by atoms with Gasteiger partial charge in [0, 0.05) is 6.07 Å². The fourth-order valence-electron chi connectivity index (χ4n) is 0.669. The van der Waals surface area contributed by atoms with Crippen molar-refractivity contribution >= 4 is 7.82 Å². The molecule has 0 aliphatic carbocycles. The number of hydrogen-bond donors (Lipinski definition) is 1. The molecular formula is C6H5Na2O5P. The molecule has 1 rings (SSSR count). The number of phosphoric acid groups is 1. The Kier molecular flexibility index (Phi) is 9.03. The number of hydrogen-bond acceptors (Lipinski definition) is 5. The number of phosphoric ester groups is 1. The predicted octanol–water partition coefficient (Wildman–Crippen LogP) is -6.39. The molecule has 5 nitrogen and oxygen atoms in total. The Morgan fingerprint density at radius 1 is 1.29 bits per heavy atom. The Morgan fingerprint density at radius 3 is 2.29 bits per heavy atom. The summed E-state index contributed by atoms with van der Waals surface area (Å²) in [6.45, 7) is 0. The van der Waals surface area contributed by atoms with Crippen LogP contribution in [-0.4, -0.2) is 5.11 Å². The summed E-state index contributed by atoms with van der Waals surface area (Å²) in [6, 6.07) is 4.97. The normalized spacial score (nSPS) is 9.57. The van der Waals surface area contributed by atoms with Crippen LogP contribution < -0.4 is 73.4 Å². The smallest absolute Gasteiger partial charge is 0.780 e. The van der Waals surface area contributed by atoms with Crippen molar-refractivity contribution in [3.63, 3.8) is 0 Å². The quantitative estimate of drug-likeness (QED) is 0.406. The SMILES string of the molecule is O=P([O-])([O-])Oc1cccc(O)c1.[Na+].[Na+]. The van der Waals surface area contributed by atoms with Gasteiger partial charge in [0.05, 0.1) is 0 Å². The minimum Gasteiger partial charge on any atom is -0.780 e. The molecule has 0 radical (unpaired) electrons. The second-order valence-electron chi connectivity index (χ2n) is 2.04. The topological polar surface area (TPSA) is 92.7 Å². The van der Waals surface area contributed by atoms with E-state index in [0.717, 1.165) is 6.07 Å². The van der Waals surface area contributed by atoms with Crippen LogP contribution in [0.3, 0.4) is 0 Å². The summed E-state index contributed by atoms with van der Waals surface area (Å²) in [4.78, 5) is 20.2. The van der Waals surface area contributed by atoms with Gasteiger partial charge in [0.2, 0.25) is 0 Å². The number of rotatable bonds is 2. The van der Waals surface area contributed by atoms with Crippen LogP contribution >= 0.6 is 7.82 Å². The second kappa shape index (κ2) is 7.28. The molecule has 0 aliphatic heterocycles. The number of aromatic hydroxyl groups is 1. The third-order valence-electron chi connectivity index (χ3n) is 1.03. The largest absolute Gasteiger partial charge is 1.00 e. The first-order valence-electron chi connectivity index (χ1n) is 2.98. The Bertz CT molecular complexity index is 326. The summed E-state index contributed by atoms with van der Waals surface area (Å²) in [5.41, 5.74) is 0. The van der Waals surface area contributed by atoms with Gasteiger partial charge in [0.1, 0.15) is 19.3 Å². The molecular weight excluding hydrogens is 229 g/mol. The van der Waals surface area contributed by atoms with Crippen LogP contribution in [0.5, 0.6) is 11.5 Å². The molecule has 0 unspecified atom stereocenters. The van der Waals surface area contributed by atoms with Crippen LogP contribution in [-0.2, 0) is 4.57 Å². The first-order valence-corrected chi connectivity index (χ1v) is 4.44. The molecule has 0 atom stereocenters. The van der Waals surface area contributed by atoms with Crippen LogP contribution in [0, 0.1) is 0 Å². The molecule has 0 bridgehead atoms. The van der Waals surface area contributed by atoms with Crippen molar-refractivity contribution < 1.29 is 83.1 Å². The van der Waals surface area contributed by atoms with E-state index in [1.165, 1.54) is 18.2 Å². The molecule has 66 valence electrons. The molecule has 0 spiro atoms. The fraction of sp³-hybridized carbons (Fsp3) is 0. The van der Waals surface area contributed by atoms with Crippen LogP contribution in [0.1, 0.15) is 0 Å². The Labute approximate surface area is 125 Å². The minimum absolute atomic E-state index is 0. The molecule has 8 heteroatoms. The van der Waals surface area contributed by atoms with E-state index in [1.807, 2.05) is 0 Å². The molecule has 0 aliphatic rings. The Balaban J connectivity index is 0. The molecule has 0 saturated carbocycles. The van der Waals surface area contributed by atoms with Gasteiger partial charge in [-0.1, -0.05) is 6.07 Å². The van der Waals surface area contributed by atoms with E-state index in [9.17, 15) is 14.4 Å². The molecule has 0 amide bonds. The third-order valence-corrected chi connectivity index (χ3v) is 1.47. The van der Waals surface area contributed by atoms with E-state index < -0.39 is 7.82 Å². The molecule has 0 fully saturated rings. The van der Waals surface area contributed by atoms with Gasteiger partial charge in [0.15, 0.2) is 0 Å². The van der Waals surface area contributed by atoms with Crippen LogP contribution in [0.4, 0.5) is 0 Å². The van der Waals surface area contributed by atoms with Gasteiger partial charge >= 0.3 is 59.1 Å². The zero-order chi connectivity index (χ0) is 9.19. The van der Waals surface area contributed by atoms with E-state index >= 15 is 0 Å². The van der Waals surface area contributed by atoms with E-state index in [4.69, 9.17) is 5.11 Å². The first-order chi connectivity index (χ1) is 5.47. The zero-order valence-electron chi connectivity index (χ0n) is 7.84. The zero-order valence-corrected chi connectivity index (χ0v) is 12.7. The summed E-state index contributed by atoms with van der Waals surface area (Å²) in [7, 11) is -5.02. The average Bonchev–Trinajstić information content (AvgIpc) is 1.82. The van der Waals surface area contributed by atoms with Crippen molar-refractivity contribution in [2.75, 3.05) is 0 Å². The molecule has 1 N–H and O–H groups in total. The summed E-state index contributed by atoms with van der Waals surface area (Å²) in [5.74, 6) is -0.357. The van der Waals surface area contributed by atoms with Gasteiger partial charge in [-0.3, -0.25) is 0 Å². The maximum absolute atomic E-state index is 10.1. The molecule has 1 aromatic carbocycles. The van der Waals surface area contributed by atoms with Gasteiger partial charge in [-0.25, -0.2) is 0 Å². The number of benzene rings is 1. The summed E-state index contributed by atoms with van der Waals surface area (Å²) in [5, 5.41) is 8.84. The van der Waals surface area contributed by atoms with Crippen LogP contribution in [0.25, 0.3) is 0 Å². The van der Waals surface area contributed by atoms with Gasteiger partial charge in [-0.15, -0.1) is 0 Å². The minimum atomic E-state index is -5.02. The maximum Gasteiger partial charge on any atom is 1.00 e. The van der Waals surface area contributed by atoms with Crippen molar-refractivity contribution in [3.05, 3.63) is 24.3 Å². The van der Waals surface area contributed by atoms with E-state index in [-0.39, 0.29) is 70.6 Å². The Hall–Kier alpha value is 0.970. The van der Waals surface area contributed by atoms with Crippen LogP contribution in [0.2, 0.25) is 0 Å². The third kappa shape index (κ3) is 7.29. The molecule has 0 saturated heterocycles. The monoisotopic (exact) mass is 234 g/mol. The summed E-state index contributed by atoms with van der Waals surface area (Å²) >= 11 is 0. The second-order valence-corrected chi connectivity index (χ2v) is 3.11. The molecule has 1 aromatic rings. The van der Waals surface area contributed by atoms with E-state index in [2.05, 4.69) is 4.52 Å². The van der Waals surface area contributed by atoms with Gasteiger partial charge in [0.25, 0.3) is 0 Å². The molecule has 14 heavy (non-hydrogen) atoms. The number of phenolic OH excluding ortho intramolecular Hbond substituents is 1. The van der Waals surface area contributed by atoms with Crippen molar-refractivity contribution in [3.8, 4) is 11.5 Å². The van der Waals surface area contributed by atoms with Crippen molar-refractivity contribution in [1.82, 2.24) is 0 Å². The number of phenols is 1. The van der Waals surface area contributed by atoms with Gasteiger partial charge in [-0.05, 0) is 12.1 Å². The van der Waals surface area contributed by atoms with Crippen LogP contribution in [0.15, 0.2) is 24.3 Å². The van der Waals surface area contributed by atoms with E-state index in [1.54, 1.807) is 0 Å². The fourth-order valence-corrected chi connectivity index (χ4v) is 1.04. The van der Waals surface area contributed by atoms with Gasteiger partial charge < -0.3 is 24.0 Å². The summed E-state index contributed by atoms with van der Waals surface area (Å²) < 4.78 is 14.0. The predicted molar refractivity (Wildman–Crippen MR) is 36.3 cm³/mol. The van der Waals surface area contributed by atoms with Crippen molar-refractivity contribution in [2.24, 2.45) is 0 Å². The van der Waals surface area contributed by atoms with Crippen molar-refractivity contribution in [2.45, 2.75) is 0 Å². The summed E-state index contributed by atoms with van der Waals surface area (Å²) in [6.07, 6.45) is 0. The maximum atomic E-state index is 10.1. The van der Waals surface area contributed by atoms with Crippen molar-refractivity contribution in [1.29, 1.82) is 0 Å². The van der Waals surface area contributed by atoms with Gasteiger partial charge in [-0.2, -0.15) is 0 Å². The standard InChI is InChI=1S/C6H7O5P.2Na/c7-5-2-1-3-6(4-5)11-12(8,9)10;;/h1-4,7H,(H2,8,9,10);;/q;2*+1/p-2. The molecule has 0 heterocycles. The molecule has 0 aromatic heterocycles. The average molecular weight is 234 g/mol. The van der Waals surface area contributed by atoms with E-state index in [0.29, 0.717) is 0 Å². The first kappa shape index (κ1) is 17.4.